The number of oxime groups is 1. The Bertz CT molecular complexity index is 664. The standard InChI is InChI=1S/C16H13Cl2NO3/c1-21-16(20)12-7-5-11(6-8-12)9-19-22-10-13-14(17)3-2-4-15(13)18/h2-9H,10H2,1H3/b19-9+. The molecule has 0 bridgehead atoms. The lowest BCUT2D eigenvalue weighted by molar-refractivity contribution is 0.0601. The van der Waals surface area contributed by atoms with Gasteiger partial charge >= 0.3 is 5.97 Å². The molecule has 0 aliphatic carbocycles. The summed E-state index contributed by atoms with van der Waals surface area (Å²) in [4.78, 5) is 16.5. The smallest absolute Gasteiger partial charge is 0.337 e. The van der Waals surface area contributed by atoms with Crippen LogP contribution >= 0.6 is 23.2 Å². The van der Waals surface area contributed by atoms with Gasteiger partial charge in [0.25, 0.3) is 0 Å². The second kappa shape index (κ2) is 7.82. The van der Waals surface area contributed by atoms with Gasteiger partial charge in [-0.2, -0.15) is 0 Å². The Morgan fingerprint density at radius 3 is 2.36 bits per heavy atom. The second-order valence-electron chi connectivity index (χ2n) is 4.32. The molecular weight excluding hydrogens is 325 g/mol. The summed E-state index contributed by atoms with van der Waals surface area (Å²) in [6.07, 6.45) is 1.53. The number of hydrogen-bond donors (Lipinski definition) is 0. The van der Waals surface area contributed by atoms with Crippen LogP contribution in [0.4, 0.5) is 0 Å². The van der Waals surface area contributed by atoms with Gasteiger partial charge in [-0.05, 0) is 29.8 Å². The van der Waals surface area contributed by atoms with E-state index in [0.29, 0.717) is 21.2 Å². The molecule has 22 heavy (non-hydrogen) atoms. The molecule has 4 nitrogen and oxygen atoms in total. The van der Waals surface area contributed by atoms with Crippen molar-refractivity contribution in [1.29, 1.82) is 0 Å². The van der Waals surface area contributed by atoms with Crippen LogP contribution in [0.5, 0.6) is 0 Å². The van der Waals surface area contributed by atoms with E-state index in [-0.39, 0.29) is 12.6 Å². The van der Waals surface area contributed by atoms with Crippen LogP contribution in [0.2, 0.25) is 10.0 Å². The maximum Gasteiger partial charge on any atom is 0.337 e. The molecule has 2 rings (SSSR count). The number of carbonyl (C=O) groups is 1. The highest BCUT2D eigenvalue weighted by atomic mass is 35.5. The topological polar surface area (TPSA) is 47.9 Å². The number of esters is 1. The van der Waals surface area contributed by atoms with Crippen molar-refractivity contribution in [3.8, 4) is 0 Å². The van der Waals surface area contributed by atoms with Crippen LogP contribution in [0.25, 0.3) is 0 Å². The van der Waals surface area contributed by atoms with Crippen molar-refractivity contribution in [2.75, 3.05) is 7.11 Å². The molecule has 0 saturated heterocycles. The van der Waals surface area contributed by atoms with Crippen LogP contribution in [-0.2, 0) is 16.2 Å². The monoisotopic (exact) mass is 337 g/mol. The number of ether oxygens (including phenoxy) is 1. The number of benzene rings is 2. The Morgan fingerprint density at radius 1 is 1.14 bits per heavy atom. The Balaban J connectivity index is 1.94. The van der Waals surface area contributed by atoms with E-state index in [2.05, 4.69) is 9.89 Å². The molecule has 0 unspecified atom stereocenters. The van der Waals surface area contributed by atoms with E-state index in [4.69, 9.17) is 28.0 Å². The van der Waals surface area contributed by atoms with E-state index < -0.39 is 0 Å². The van der Waals surface area contributed by atoms with Crippen LogP contribution in [0, 0.1) is 0 Å². The minimum absolute atomic E-state index is 0.176. The largest absolute Gasteiger partial charge is 0.465 e. The lowest BCUT2D eigenvalue weighted by atomic mass is 10.1. The third kappa shape index (κ3) is 4.23. The molecule has 0 amide bonds. The fraction of sp³-hybridized carbons (Fsp3) is 0.125. The summed E-state index contributed by atoms with van der Waals surface area (Å²) >= 11 is 12.1. The average Bonchev–Trinajstić information content (AvgIpc) is 2.53. The number of methoxy groups -OCH3 is 1. The molecule has 0 spiro atoms. The summed E-state index contributed by atoms with van der Waals surface area (Å²) in [5, 5.41) is 4.92. The highest BCUT2D eigenvalue weighted by Crippen LogP contribution is 2.24. The van der Waals surface area contributed by atoms with Crippen molar-refractivity contribution >= 4 is 35.4 Å². The molecule has 114 valence electrons. The summed E-state index contributed by atoms with van der Waals surface area (Å²) in [7, 11) is 1.34. The number of hydrogen-bond acceptors (Lipinski definition) is 4. The lowest BCUT2D eigenvalue weighted by Gasteiger charge is -2.04. The summed E-state index contributed by atoms with van der Waals surface area (Å²) < 4.78 is 4.62. The van der Waals surface area contributed by atoms with Gasteiger partial charge in [-0.3, -0.25) is 0 Å². The maximum atomic E-state index is 11.3. The van der Waals surface area contributed by atoms with Crippen LogP contribution < -0.4 is 0 Å². The Morgan fingerprint density at radius 2 is 1.77 bits per heavy atom. The molecule has 0 N–H and O–H groups in total. The number of halogens is 2. The SMILES string of the molecule is COC(=O)c1ccc(/C=N/OCc2c(Cl)cccc2Cl)cc1. The third-order valence-electron chi connectivity index (χ3n) is 2.88. The second-order valence-corrected chi connectivity index (χ2v) is 5.14. The first kappa shape index (κ1) is 16.3. The van der Waals surface area contributed by atoms with Crippen molar-refractivity contribution in [2.24, 2.45) is 5.16 Å². The summed E-state index contributed by atoms with van der Waals surface area (Å²) in [5.74, 6) is -0.381. The average molecular weight is 338 g/mol. The fourth-order valence-electron chi connectivity index (χ4n) is 1.69. The summed E-state index contributed by atoms with van der Waals surface area (Å²) in [6.45, 7) is 0.176. The van der Waals surface area contributed by atoms with Crippen molar-refractivity contribution in [3.05, 3.63) is 69.2 Å². The third-order valence-corrected chi connectivity index (χ3v) is 3.59. The molecule has 0 heterocycles. The normalized spacial score (nSPS) is 10.7. The molecule has 0 aromatic heterocycles. The molecule has 0 aliphatic rings. The van der Waals surface area contributed by atoms with E-state index in [1.807, 2.05) is 0 Å². The zero-order valence-corrected chi connectivity index (χ0v) is 13.3. The molecule has 0 atom stereocenters. The minimum atomic E-state index is -0.381. The Kier molecular flexibility index (Phi) is 5.81. The zero-order valence-electron chi connectivity index (χ0n) is 11.8. The van der Waals surface area contributed by atoms with Gasteiger partial charge in [-0.1, -0.05) is 46.6 Å². The Hall–Kier alpha value is -2.04. The quantitative estimate of drug-likeness (QED) is 0.463. The zero-order chi connectivity index (χ0) is 15.9. The molecule has 0 radical (unpaired) electrons. The van der Waals surface area contributed by atoms with Crippen molar-refractivity contribution in [1.82, 2.24) is 0 Å². The van der Waals surface area contributed by atoms with Crippen LogP contribution in [0.1, 0.15) is 21.5 Å². The van der Waals surface area contributed by atoms with Gasteiger partial charge in [-0.25, -0.2) is 4.79 Å². The van der Waals surface area contributed by atoms with Gasteiger partial charge in [0.1, 0.15) is 6.61 Å². The first-order valence-corrected chi connectivity index (χ1v) is 7.14. The highest BCUT2D eigenvalue weighted by Gasteiger charge is 2.05. The van der Waals surface area contributed by atoms with Gasteiger partial charge in [0.05, 0.1) is 18.9 Å². The van der Waals surface area contributed by atoms with E-state index in [0.717, 1.165) is 5.56 Å². The predicted octanol–water partition coefficient (Wildman–Crippen LogP) is 4.33. The summed E-state index contributed by atoms with van der Waals surface area (Å²) in [6, 6.07) is 12.0. The first-order valence-electron chi connectivity index (χ1n) is 6.38. The molecular formula is C16H13Cl2NO3. The molecule has 0 aliphatic heterocycles. The molecule has 6 heteroatoms. The Labute approximate surface area is 138 Å². The maximum absolute atomic E-state index is 11.3. The van der Waals surface area contributed by atoms with Gasteiger partial charge in [0.2, 0.25) is 0 Å². The summed E-state index contributed by atoms with van der Waals surface area (Å²) in [5.41, 5.74) is 1.95. The van der Waals surface area contributed by atoms with E-state index in [1.54, 1.807) is 42.5 Å². The van der Waals surface area contributed by atoms with Gasteiger partial charge in [0.15, 0.2) is 0 Å². The molecule has 2 aromatic rings. The van der Waals surface area contributed by atoms with Gasteiger partial charge < -0.3 is 9.57 Å². The predicted molar refractivity (Wildman–Crippen MR) is 86.6 cm³/mol. The molecule has 0 saturated carbocycles. The number of carbonyl (C=O) groups excluding carboxylic acids is 1. The van der Waals surface area contributed by atoms with Gasteiger partial charge in [-0.15, -0.1) is 0 Å². The van der Waals surface area contributed by atoms with Gasteiger partial charge in [0, 0.05) is 15.6 Å². The number of nitrogens with zero attached hydrogens (tertiary/aromatic N) is 1. The number of rotatable bonds is 5. The first-order chi connectivity index (χ1) is 10.6. The fourth-order valence-corrected chi connectivity index (χ4v) is 2.20. The van der Waals surface area contributed by atoms with Crippen molar-refractivity contribution in [2.45, 2.75) is 6.61 Å². The van der Waals surface area contributed by atoms with E-state index in [1.165, 1.54) is 13.3 Å². The lowest BCUT2D eigenvalue weighted by Crippen LogP contribution is -2.00. The molecule has 2 aromatic carbocycles. The van der Waals surface area contributed by atoms with E-state index >= 15 is 0 Å². The van der Waals surface area contributed by atoms with E-state index in [9.17, 15) is 4.79 Å². The van der Waals surface area contributed by atoms with Crippen molar-refractivity contribution in [3.63, 3.8) is 0 Å². The minimum Gasteiger partial charge on any atom is -0.465 e. The highest BCUT2D eigenvalue weighted by molar-refractivity contribution is 6.35. The van der Waals surface area contributed by atoms with Crippen molar-refractivity contribution < 1.29 is 14.4 Å². The van der Waals surface area contributed by atoms with Crippen LogP contribution in [0.3, 0.4) is 0 Å². The van der Waals surface area contributed by atoms with Crippen LogP contribution in [0.15, 0.2) is 47.6 Å². The molecule has 0 fully saturated rings. The van der Waals surface area contributed by atoms with Crippen LogP contribution in [-0.4, -0.2) is 19.3 Å².